The summed E-state index contributed by atoms with van der Waals surface area (Å²) in [5, 5.41) is 8.69. The molecule has 1 aromatic rings. The van der Waals surface area contributed by atoms with E-state index >= 15 is 0 Å². The molecule has 1 unspecified atom stereocenters. The minimum Gasteiger partial charge on any atom is -0.444 e. The van der Waals surface area contributed by atoms with Crippen molar-refractivity contribution >= 4 is 6.09 Å². The number of hydrogen-bond donors (Lipinski definition) is 0. The molecule has 1 saturated heterocycles. The smallest absolute Gasteiger partial charge is 0.410 e. The second-order valence-corrected chi connectivity index (χ2v) is 6.29. The lowest BCUT2D eigenvalue weighted by Crippen LogP contribution is -2.35. The van der Waals surface area contributed by atoms with Gasteiger partial charge in [0.1, 0.15) is 11.7 Å². The molecule has 1 aliphatic rings. The summed E-state index contributed by atoms with van der Waals surface area (Å²) in [6.45, 7) is 6.99. The molecule has 0 radical (unpaired) electrons. The van der Waals surface area contributed by atoms with Crippen LogP contribution in [0, 0.1) is 17.2 Å². The number of rotatable bonds is 2. The Morgan fingerprint density at radius 3 is 2.81 bits per heavy atom. The van der Waals surface area contributed by atoms with Gasteiger partial charge in [0.25, 0.3) is 0 Å². The molecule has 0 bridgehead atoms. The first-order valence-corrected chi connectivity index (χ1v) is 7.06. The fourth-order valence-electron chi connectivity index (χ4n) is 2.31. The van der Waals surface area contributed by atoms with E-state index in [9.17, 15) is 4.79 Å². The van der Waals surface area contributed by atoms with Crippen LogP contribution in [0.25, 0.3) is 0 Å². The Balaban J connectivity index is 1.87. The molecule has 2 heterocycles. The van der Waals surface area contributed by atoms with Crippen LogP contribution in [0.2, 0.25) is 0 Å². The first-order chi connectivity index (χ1) is 9.87. The number of nitriles is 1. The van der Waals surface area contributed by atoms with E-state index in [0.717, 1.165) is 18.5 Å². The van der Waals surface area contributed by atoms with Gasteiger partial charge >= 0.3 is 6.09 Å². The quantitative estimate of drug-likeness (QED) is 0.833. The molecule has 1 atom stereocenters. The van der Waals surface area contributed by atoms with Gasteiger partial charge in [0.2, 0.25) is 0 Å². The van der Waals surface area contributed by atoms with Gasteiger partial charge in [-0.25, -0.2) is 9.78 Å². The number of aromatic nitrogens is 2. The predicted molar refractivity (Wildman–Crippen MR) is 76.4 cm³/mol. The highest BCUT2D eigenvalue weighted by molar-refractivity contribution is 5.68. The van der Waals surface area contributed by atoms with Crippen LogP contribution >= 0.6 is 0 Å². The second-order valence-electron chi connectivity index (χ2n) is 6.29. The molecule has 1 fully saturated rings. The van der Waals surface area contributed by atoms with E-state index in [1.54, 1.807) is 11.1 Å². The standard InChI is InChI=1S/C15H20N4O2/c1-15(2,3)21-14(20)19-5-4-11(10-19)6-12-8-18-13(7-16)9-17-12/h8-9,11H,4-6,10H2,1-3H3. The van der Waals surface area contributed by atoms with E-state index in [1.807, 2.05) is 26.8 Å². The number of amides is 1. The van der Waals surface area contributed by atoms with Gasteiger partial charge in [-0.2, -0.15) is 5.26 Å². The van der Waals surface area contributed by atoms with Crippen molar-refractivity contribution in [3.8, 4) is 6.07 Å². The molecule has 2 rings (SSSR count). The Morgan fingerprint density at radius 2 is 2.24 bits per heavy atom. The van der Waals surface area contributed by atoms with Crippen LogP contribution in [-0.2, 0) is 11.2 Å². The first-order valence-electron chi connectivity index (χ1n) is 7.06. The third-order valence-electron chi connectivity index (χ3n) is 3.26. The van der Waals surface area contributed by atoms with Crippen molar-refractivity contribution in [2.45, 2.75) is 39.2 Å². The predicted octanol–water partition coefficient (Wildman–Crippen LogP) is 2.15. The van der Waals surface area contributed by atoms with Crippen LogP contribution in [0.1, 0.15) is 38.6 Å². The molecule has 0 N–H and O–H groups in total. The minimum absolute atomic E-state index is 0.254. The topological polar surface area (TPSA) is 79.1 Å². The van der Waals surface area contributed by atoms with Crippen molar-refractivity contribution in [2.24, 2.45) is 5.92 Å². The van der Waals surface area contributed by atoms with Gasteiger partial charge in [0.05, 0.1) is 11.9 Å². The summed E-state index contributed by atoms with van der Waals surface area (Å²) in [4.78, 5) is 22.0. The van der Waals surface area contributed by atoms with Crippen LogP contribution in [-0.4, -0.2) is 39.7 Å². The molecule has 0 saturated carbocycles. The maximum absolute atomic E-state index is 12.0. The zero-order valence-corrected chi connectivity index (χ0v) is 12.7. The van der Waals surface area contributed by atoms with Crippen molar-refractivity contribution in [1.82, 2.24) is 14.9 Å². The normalized spacial score (nSPS) is 18.4. The van der Waals surface area contributed by atoms with E-state index in [0.29, 0.717) is 24.7 Å². The Kier molecular flexibility index (Phi) is 4.41. The largest absolute Gasteiger partial charge is 0.444 e. The van der Waals surface area contributed by atoms with Gasteiger partial charge in [0, 0.05) is 19.3 Å². The number of hydrogen-bond acceptors (Lipinski definition) is 5. The lowest BCUT2D eigenvalue weighted by molar-refractivity contribution is 0.0288. The summed E-state index contributed by atoms with van der Waals surface area (Å²) in [6, 6.07) is 1.95. The third kappa shape index (κ3) is 4.42. The molecular formula is C15H20N4O2. The lowest BCUT2D eigenvalue weighted by atomic mass is 10.0. The maximum atomic E-state index is 12.0. The van der Waals surface area contributed by atoms with Gasteiger partial charge in [-0.05, 0) is 39.5 Å². The van der Waals surface area contributed by atoms with Gasteiger partial charge in [-0.1, -0.05) is 0 Å². The first kappa shape index (κ1) is 15.2. The van der Waals surface area contributed by atoms with E-state index in [4.69, 9.17) is 10.00 Å². The second kappa shape index (κ2) is 6.08. The van der Waals surface area contributed by atoms with E-state index < -0.39 is 5.60 Å². The maximum Gasteiger partial charge on any atom is 0.410 e. The Bertz CT molecular complexity index is 542. The highest BCUT2D eigenvalue weighted by Crippen LogP contribution is 2.22. The molecule has 1 aliphatic heterocycles. The minimum atomic E-state index is -0.465. The SMILES string of the molecule is CC(C)(C)OC(=O)N1CCC(Cc2cnc(C#N)cn2)C1. The molecule has 0 aromatic carbocycles. The van der Waals surface area contributed by atoms with Crippen LogP contribution in [0.3, 0.4) is 0 Å². The zero-order valence-electron chi connectivity index (χ0n) is 12.7. The molecule has 1 aromatic heterocycles. The third-order valence-corrected chi connectivity index (χ3v) is 3.26. The molecule has 6 heteroatoms. The molecule has 6 nitrogen and oxygen atoms in total. The average molecular weight is 288 g/mol. The van der Waals surface area contributed by atoms with Gasteiger partial charge in [-0.3, -0.25) is 4.98 Å². The molecule has 1 amide bonds. The molecule has 0 aliphatic carbocycles. The number of carbonyl (C=O) groups excluding carboxylic acids is 1. The van der Waals surface area contributed by atoms with E-state index in [-0.39, 0.29) is 6.09 Å². The highest BCUT2D eigenvalue weighted by Gasteiger charge is 2.29. The van der Waals surface area contributed by atoms with Gasteiger partial charge in [0.15, 0.2) is 5.69 Å². The van der Waals surface area contributed by atoms with E-state index in [2.05, 4.69) is 9.97 Å². The molecule has 21 heavy (non-hydrogen) atoms. The monoisotopic (exact) mass is 288 g/mol. The van der Waals surface area contributed by atoms with Gasteiger partial charge < -0.3 is 9.64 Å². The molecule has 112 valence electrons. The van der Waals surface area contributed by atoms with Crippen LogP contribution in [0.5, 0.6) is 0 Å². The van der Waals surface area contributed by atoms with Crippen LogP contribution < -0.4 is 0 Å². The fourth-order valence-corrected chi connectivity index (χ4v) is 2.31. The number of ether oxygens (including phenoxy) is 1. The molecular weight excluding hydrogens is 268 g/mol. The number of likely N-dealkylation sites (tertiary alicyclic amines) is 1. The van der Waals surface area contributed by atoms with Crippen molar-refractivity contribution < 1.29 is 9.53 Å². The summed E-state index contributed by atoms with van der Waals surface area (Å²) in [5.74, 6) is 0.361. The van der Waals surface area contributed by atoms with Crippen molar-refractivity contribution in [3.05, 3.63) is 23.8 Å². The summed E-state index contributed by atoms with van der Waals surface area (Å²) < 4.78 is 5.37. The Morgan fingerprint density at radius 1 is 1.48 bits per heavy atom. The summed E-state index contributed by atoms with van der Waals surface area (Å²) >= 11 is 0. The number of carbonyl (C=O) groups is 1. The Labute approximate surface area is 124 Å². The van der Waals surface area contributed by atoms with Crippen molar-refractivity contribution in [2.75, 3.05) is 13.1 Å². The van der Waals surface area contributed by atoms with Crippen molar-refractivity contribution in [3.63, 3.8) is 0 Å². The number of nitrogens with zero attached hydrogens (tertiary/aromatic N) is 4. The zero-order chi connectivity index (χ0) is 15.5. The van der Waals surface area contributed by atoms with Crippen molar-refractivity contribution in [1.29, 1.82) is 5.26 Å². The van der Waals surface area contributed by atoms with Crippen LogP contribution in [0.15, 0.2) is 12.4 Å². The Hall–Kier alpha value is -2.16. The average Bonchev–Trinajstić information content (AvgIpc) is 2.86. The fraction of sp³-hybridized carbons (Fsp3) is 0.600. The van der Waals surface area contributed by atoms with Gasteiger partial charge in [-0.15, -0.1) is 0 Å². The molecule has 0 spiro atoms. The highest BCUT2D eigenvalue weighted by atomic mass is 16.6. The summed E-state index contributed by atoms with van der Waals surface area (Å²) in [6.07, 6.45) is 4.56. The lowest BCUT2D eigenvalue weighted by Gasteiger charge is -2.24. The summed E-state index contributed by atoms with van der Waals surface area (Å²) in [5.41, 5.74) is 0.707. The van der Waals surface area contributed by atoms with Crippen LogP contribution in [0.4, 0.5) is 4.79 Å². The van der Waals surface area contributed by atoms with E-state index in [1.165, 1.54) is 6.20 Å². The summed E-state index contributed by atoms with van der Waals surface area (Å²) in [7, 11) is 0.